The maximum Gasteiger partial charge on any atom is 1.00 e. The standard InChI is InChI=1S/C20H23NO5S.Na/c1-13(2)19(12-27(23,24)25)21-20(22)26-11-18-16-9-5-3-7-14(16)15-8-4-6-10-17(15)18;/h3-10,13,18-19H,11-12H2,1-2H3,(H,21,22)(H,23,24,25);/q;+1/p-1/t19-;/m1./s1. The number of rotatable bonds is 6. The Kier molecular flexibility index (Phi) is 7.70. The molecule has 0 aliphatic heterocycles. The van der Waals surface area contributed by atoms with E-state index in [9.17, 15) is 13.5 Å². The third kappa shape index (κ3) is 5.36. The second-order valence-corrected chi connectivity index (χ2v) is 8.49. The van der Waals surface area contributed by atoms with Crippen molar-refractivity contribution >= 4 is 16.2 Å². The molecule has 1 aliphatic carbocycles. The van der Waals surface area contributed by atoms with Crippen LogP contribution in [0.4, 0.5) is 0 Å². The van der Waals surface area contributed by atoms with Crippen molar-refractivity contribution in [1.29, 1.82) is 0 Å². The zero-order valence-corrected chi connectivity index (χ0v) is 19.0. The zero-order valence-electron chi connectivity index (χ0n) is 16.2. The summed E-state index contributed by atoms with van der Waals surface area (Å²) in [6.45, 7) is 3.58. The number of nitrogens with zero attached hydrogens (tertiary/aromatic N) is 1. The van der Waals surface area contributed by atoms with Crippen molar-refractivity contribution in [2.45, 2.75) is 25.8 Å². The monoisotopic (exact) mass is 411 g/mol. The van der Waals surface area contributed by atoms with Gasteiger partial charge in [-0.2, -0.15) is 8.42 Å². The van der Waals surface area contributed by atoms with Gasteiger partial charge < -0.3 is 9.84 Å². The second-order valence-electron chi connectivity index (χ2n) is 6.99. The maximum absolute atomic E-state index is 12.2. The number of aliphatic imine (C=N–C) groups is 1. The maximum atomic E-state index is 12.2. The van der Waals surface area contributed by atoms with Gasteiger partial charge in [-0.1, -0.05) is 62.4 Å². The molecule has 0 spiro atoms. The van der Waals surface area contributed by atoms with Crippen LogP contribution in [0.15, 0.2) is 53.5 Å². The number of ether oxygens (including phenoxy) is 1. The first-order valence-electron chi connectivity index (χ1n) is 8.77. The summed E-state index contributed by atoms with van der Waals surface area (Å²) in [4.78, 5) is 3.83. The van der Waals surface area contributed by atoms with Crippen LogP contribution >= 0.6 is 0 Å². The molecule has 1 N–H and O–H groups in total. The summed E-state index contributed by atoms with van der Waals surface area (Å²) in [5, 5.41) is 12.2. The van der Waals surface area contributed by atoms with Crippen molar-refractivity contribution in [3.8, 4) is 11.1 Å². The number of hydrogen-bond donors (Lipinski definition) is 1. The van der Waals surface area contributed by atoms with Gasteiger partial charge in [-0.15, -0.1) is 0 Å². The van der Waals surface area contributed by atoms with E-state index in [1.54, 1.807) is 13.8 Å². The predicted octanol–water partition coefficient (Wildman–Crippen LogP) is -0.552. The van der Waals surface area contributed by atoms with Gasteiger partial charge in [0.2, 0.25) is 0 Å². The molecule has 28 heavy (non-hydrogen) atoms. The van der Waals surface area contributed by atoms with Crippen LogP contribution in [0.1, 0.15) is 30.9 Å². The molecule has 144 valence electrons. The molecule has 0 aromatic heterocycles. The summed E-state index contributed by atoms with van der Waals surface area (Å²) in [5.74, 6) is -0.919. The Balaban J connectivity index is 0.00000280. The molecular weight excluding hydrogens is 389 g/mol. The van der Waals surface area contributed by atoms with Crippen LogP contribution in [0, 0.1) is 5.92 Å². The first-order chi connectivity index (χ1) is 12.8. The molecule has 1 aliphatic rings. The van der Waals surface area contributed by atoms with Gasteiger partial charge in [0.25, 0.3) is 10.1 Å². The van der Waals surface area contributed by atoms with Gasteiger partial charge in [-0.25, -0.2) is 0 Å². The summed E-state index contributed by atoms with van der Waals surface area (Å²) in [7, 11) is -4.23. The van der Waals surface area contributed by atoms with Gasteiger partial charge in [0.1, 0.15) is 6.08 Å². The van der Waals surface area contributed by atoms with E-state index in [1.165, 1.54) is 0 Å². The van der Waals surface area contributed by atoms with Crippen molar-refractivity contribution in [2.75, 3.05) is 12.4 Å². The van der Waals surface area contributed by atoms with E-state index in [-0.39, 0.29) is 48.0 Å². The van der Waals surface area contributed by atoms with Crippen LogP contribution in [0.25, 0.3) is 11.1 Å². The molecule has 0 saturated heterocycles. The molecule has 0 heterocycles. The summed E-state index contributed by atoms with van der Waals surface area (Å²) < 4.78 is 36.6. The SMILES string of the molecule is CC(C)[C@@H](CS(=O)(=O)O)N=C([O-])OCC1c2ccccc2-c2ccccc21.[Na+]. The van der Waals surface area contributed by atoms with E-state index in [0.29, 0.717) is 0 Å². The summed E-state index contributed by atoms with van der Waals surface area (Å²) in [5.41, 5.74) is 4.42. The van der Waals surface area contributed by atoms with Crippen LogP contribution < -0.4 is 34.7 Å². The Bertz CT molecular complexity index is 913. The smallest absolute Gasteiger partial charge is 0.599 e. The number of benzene rings is 2. The molecule has 2 aromatic carbocycles. The Labute approximate surface area is 187 Å². The fraction of sp³-hybridized carbons (Fsp3) is 0.350. The van der Waals surface area contributed by atoms with E-state index >= 15 is 0 Å². The first-order valence-corrected chi connectivity index (χ1v) is 10.4. The van der Waals surface area contributed by atoms with Crippen LogP contribution in [0.3, 0.4) is 0 Å². The minimum absolute atomic E-state index is 0. The quantitative estimate of drug-likeness (QED) is 0.298. The van der Waals surface area contributed by atoms with E-state index in [0.717, 1.165) is 22.3 Å². The van der Waals surface area contributed by atoms with E-state index < -0.39 is 28.0 Å². The van der Waals surface area contributed by atoms with Crippen molar-refractivity contribution in [1.82, 2.24) is 0 Å². The van der Waals surface area contributed by atoms with E-state index in [4.69, 9.17) is 9.29 Å². The average molecular weight is 411 g/mol. The van der Waals surface area contributed by atoms with Gasteiger partial charge in [0.05, 0.1) is 11.8 Å². The molecule has 0 fully saturated rings. The Hall–Kier alpha value is -1.38. The minimum atomic E-state index is -4.23. The molecule has 0 unspecified atom stereocenters. The normalized spacial score (nSPS) is 14.9. The average Bonchev–Trinajstić information content (AvgIpc) is 2.92. The third-order valence-corrected chi connectivity index (χ3v) is 5.52. The largest absolute Gasteiger partial charge is 1.00 e. The second kappa shape index (κ2) is 9.41. The molecule has 0 amide bonds. The summed E-state index contributed by atoms with van der Waals surface area (Å²) in [6.07, 6.45) is -0.820. The molecular formula is C20H22NNaO5S. The fourth-order valence-electron chi connectivity index (χ4n) is 3.36. The topological polar surface area (TPSA) is 99.0 Å². The molecule has 8 heteroatoms. The van der Waals surface area contributed by atoms with Gasteiger partial charge in [0.15, 0.2) is 0 Å². The summed E-state index contributed by atoms with van der Waals surface area (Å²) in [6, 6.07) is 15.1. The van der Waals surface area contributed by atoms with Crippen molar-refractivity contribution in [2.24, 2.45) is 10.9 Å². The van der Waals surface area contributed by atoms with Gasteiger partial charge in [0, 0.05) is 12.5 Å². The van der Waals surface area contributed by atoms with Gasteiger partial charge >= 0.3 is 29.6 Å². The van der Waals surface area contributed by atoms with Crippen LogP contribution in [-0.2, 0) is 14.9 Å². The number of fused-ring (bicyclic) bond motifs is 3. The number of hydrogen-bond acceptors (Lipinski definition) is 5. The van der Waals surface area contributed by atoms with Crippen LogP contribution in [0.5, 0.6) is 0 Å². The van der Waals surface area contributed by atoms with Crippen LogP contribution in [-0.4, -0.2) is 37.5 Å². The molecule has 3 rings (SSSR count). The Morgan fingerprint density at radius 2 is 1.61 bits per heavy atom. The minimum Gasteiger partial charge on any atom is -0.599 e. The molecule has 6 nitrogen and oxygen atoms in total. The predicted molar refractivity (Wildman–Crippen MR) is 102 cm³/mol. The van der Waals surface area contributed by atoms with Crippen molar-refractivity contribution in [3.63, 3.8) is 0 Å². The van der Waals surface area contributed by atoms with Gasteiger partial charge in [-0.3, -0.25) is 9.55 Å². The van der Waals surface area contributed by atoms with E-state index in [1.807, 2.05) is 48.5 Å². The Morgan fingerprint density at radius 3 is 2.07 bits per heavy atom. The zero-order chi connectivity index (χ0) is 19.6. The molecule has 1 atom stereocenters. The van der Waals surface area contributed by atoms with E-state index in [2.05, 4.69) is 4.99 Å². The molecule has 0 saturated carbocycles. The van der Waals surface area contributed by atoms with Crippen molar-refractivity contribution < 1.29 is 52.4 Å². The van der Waals surface area contributed by atoms with Crippen molar-refractivity contribution in [3.05, 3.63) is 59.7 Å². The molecule has 2 aromatic rings. The van der Waals surface area contributed by atoms with Gasteiger partial charge in [-0.05, 0) is 28.2 Å². The fourth-order valence-corrected chi connectivity index (χ4v) is 4.25. The molecule has 0 bridgehead atoms. The molecule has 0 radical (unpaired) electrons. The third-order valence-electron chi connectivity index (χ3n) is 4.76. The Morgan fingerprint density at radius 1 is 1.11 bits per heavy atom. The first kappa shape index (κ1) is 22.9. The van der Waals surface area contributed by atoms with Crippen LogP contribution in [0.2, 0.25) is 0 Å². The summed E-state index contributed by atoms with van der Waals surface area (Å²) >= 11 is 0.